The standard InChI is InChI=1S/C22H32N4O4/c1-4-30-21(27)19-18(14-23-7-8-26-9-11-29-12-10-26)24-22(28)25-20(19)17-13-15(2)5-6-16(17)3/h5-6,13,20,23H,4,7-12,14H2,1-3H3,(H2,24,25,28)/t20-/m0/s1. The second kappa shape index (κ2) is 10.6. The molecule has 8 heteroatoms. The van der Waals surface area contributed by atoms with Gasteiger partial charge in [0.2, 0.25) is 0 Å². The third-order valence-electron chi connectivity index (χ3n) is 5.41. The Morgan fingerprint density at radius 2 is 2.07 bits per heavy atom. The number of amides is 2. The van der Waals surface area contributed by atoms with Gasteiger partial charge in [0, 0.05) is 38.4 Å². The number of morpholine rings is 1. The van der Waals surface area contributed by atoms with Crippen molar-refractivity contribution in [3.63, 3.8) is 0 Å². The van der Waals surface area contributed by atoms with Gasteiger partial charge in [0.15, 0.2) is 0 Å². The molecule has 0 spiro atoms. The number of nitrogens with one attached hydrogen (secondary N) is 3. The van der Waals surface area contributed by atoms with Crippen molar-refractivity contribution in [2.24, 2.45) is 0 Å². The van der Waals surface area contributed by atoms with E-state index >= 15 is 0 Å². The first-order valence-electron chi connectivity index (χ1n) is 10.5. The minimum Gasteiger partial charge on any atom is -0.463 e. The number of hydrogen-bond donors (Lipinski definition) is 3. The molecule has 1 fully saturated rings. The van der Waals surface area contributed by atoms with E-state index in [4.69, 9.17) is 9.47 Å². The van der Waals surface area contributed by atoms with Crippen molar-refractivity contribution in [3.05, 3.63) is 46.2 Å². The quantitative estimate of drug-likeness (QED) is 0.438. The first kappa shape index (κ1) is 22.3. The Morgan fingerprint density at radius 1 is 1.30 bits per heavy atom. The Bertz CT molecular complexity index is 802. The van der Waals surface area contributed by atoms with Crippen molar-refractivity contribution in [3.8, 4) is 0 Å². The van der Waals surface area contributed by atoms with Gasteiger partial charge >= 0.3 is 12.0 Å². The molecule has 8 nitrogen and oxygen atoms in total. The highest BCUT2D eigenvalue weighted by atomic mass is 16.5. The maximum Gasteiger partial charge on any atom is 0.338 e. The number of carbonyl (C=O) groups excluding carboxylic acids is 2. The smallest absolute Gasteiger partial charge is 0.338 e. The lowest BCUT2D eigenvalue weighted by atomic mass is 9.91. The van der Waals surface area contributed by atoms with Crippen LogP contribution in [0.3, 0.4) is 0 Å². The highest BCUT2D eigenvalue weighted by Gasteiger charge is 2.34. The van der Waals surface area contributed by atoms with Gasteiger partial charge in [-0.05, 0) is 31.9 Å². The molecular weight excluding hydrogens is 384 g/mol. The molecular formula is C22H32N4O4. The van der Waals surface area contributed by atoms with Crippen LogP contribution in [-0.4, -0.2) is 69.4 Å². The average Bonchev–Trinajstić information content (AvgIpc) is 2.73. The lowest BCUT2D eigenvalue weighted by molar-refractivity contribution is -0.139. The van der Waals surface area contributed by atoms with E-state index in [0.717, 1.165) is 56.1 Å². The molecule has 1 aromatic rings. The molecule has 1 aromatic carbocycles. The maximum atomic E-state index is 12.9. The van der Waals surface area contributed by atoms with Crippen molar-refractivity contribution in [2.45, 2.75) is 26.8 Å². The van der Waals surface area contributed by atoms with E-state index in [0.29, 0.717) is 17.8 Å². The van der Waals surface area contributed by atoms with Crippen LogP contribution in [0.4, 0.5) is 4.79 Å². The molecule has 164 valence electrons. The number of benzene rings is 1. The van der Waals surface area contributed by atoms with E-state index in [1.165, 1.54) is 0 Å². The van der Waals surface area contributed by atoms with Crippen molar-refractivity contribution in [1.82, 2.24) is 20.9 Å². The van der Waals surface area contributed by atoms with E-state index in [2.05, 4.69) is 20.9 Å². The van der Waals surface area contributed by atoms with Crippen LogP contribution >= 0.6 is 0 Å². The summed E-state index contributed by atoms with van der Waals surface area (Å²) in [6.45, 7) is 11.4. The van der Waals surface area contributed by atoms with Gasteiger partial charge < -0.3 is 25.4 Å². The largest absolute Gasteiger partial charge is 0.463 e. The van der Waals surface area contributed by atoms with Crippen LogP contribution in [-0.2, 0) is 14.3 Å². The summed E-state index contributed by atoms with van der Waals surface area (Å²) in [6.07, 6.45) is 0. The topological polar surface area (TPSA) is 91.9 Å². The minimum atomic E-state index is -0.547. The molecule has 2 aliphatic heterocycles. The van der Waals surface area contributed by atoms with Gasteiger partial charge in [0.25, 0.3) is 0 Å². The number of nitrogens with zero attached hydrogens (tertiary/aromatic N) is 1. The second-order valence-corrected chi connectivity index (χ2v) is 7.64. The molecule has 30 heavy (non-hydrogen) atoms. The second-order valence-electron chi connectivity index (χ2n) is 7.64. The van der Waals surface area contributed by atoms with Gasteiger partial charge in [-0.25, -0.2) is 9.59 Å². The van der Waals surface area contributed by atoms with Crippen LogP contribution in [0.15, 0.2) is 29.5 Å². The highest BCUT2D eigenvalue weighted by molar-refractivity contribution is 5.95. The summed E-state index contributed by atoms with van der Waals surface area (Å²) in [5.74, 6) is -0.416. The zero-order chi connectivity index (χ0) is 21.5. The van der Waals surface area contributed by atoms with Crippen LogP contribution < -0.4 is 16.0 Å². The van der Waals surface area contributed by atoms with Crippen LogP contribution in [0, 0.1) is 13.8 Å². The molecule has 1 atom stereocenters. The van der Waals surface area contributed by atoms with Crippen LogP contribution in [0.25, 0.3) is 0 Å². The van der Waals surface area contributed by atoms with Crippen molar-refractivity contribution in [1.29, 1.82) is 0 Å². The number of aryl methyl sites for hydroxylation is 2. The first-order valence-corrected chi connectivity index (χ1v) is 10.5. The SMILES string of the molecule is CCOC(=O)C1=C(CNCCN2CCOCC2)NC(=O)N[C@H]1c1cc(C)ccc1C. The van der Waals surface area contributed by atoms with Gasteiger partial charge in [-0.1, -0.05) is 23.8 Å². The van der Waals surface area contributed by atoms with E-state index < -0.39 is 12.0 Å². The molecule has 0 aromatic heterocycles. The van der Waals surface area contributed by atoms with Gasteiger partial charge in [-0.3, -0.25) is 4.90 Å². The molecule has 0 unspecified atom stereocenters. The van der Waals surface area contributed by atoms with Crippen LogP contribution in [0.1, 0.15) is 29.7 Å². The summed E-state index contributed by atoms with van der Waals surface area (Å²) in [7, 11) is 0. The molecule has 2 aliphatic rings. The number of esters is 1. The predicted octanol–water partition coefficient (Wildman–Crippen LogP) is 1.40. The van der Waals surface area contributed by atoms with E-state index in [1.54, 1.807) is 6.92 Å². The fourth-order valence-corrected chi connectivity index (χ4v) is 3.79. The molecule has 2 heterocycles. The third-order valence-corrected chi connectivity index (χ3v) is 5.41. The lowest BCUT2D eigenvalue weighted by Gasteiger charge is -2.31. The molecule has 1 saturated heterocycles. The summed E-state index contributed by atoms with van der Waals surface area (Å²) < 4.78 is 10.7. The fraction of sp³-hybridized carbons (Fsp3) is 0.545. The van der Waals surface area contributed by atoms with Gasteiger partial charge in [0.1, 0.15) is 0 Å². The predicted molar refractivity (Wildman–Crippen MR) is 114 cm³/mol. The van der Waals surface area contributed by atoms with Crippen molar-refractivity contribution < 1.29 is 19.1 Å². The zero-order valence-corrected chi connectivity index (χ0v) is 18.0. The van der Waals surface area contributed by atoms with Crippen molar-refractivity contribution in [2.75, 3.05) is 52.5 Å². The molecule has 0 saturated carbocycles. The van der Waals surface area contributed by atoms with Gasteiger partial charge in [-0.2, -0.15) is 0 Å². The van der Waals surface area contributed by atoms with Crippen LogP contribution in [0.2, 0.25) is 0 Å². The summed E-state index contributed by atoms with van der Waals surface area (Å²) >= 11 is 0. The Kier molecular flexibility index (Phi) is 7.84. The summed E-state index contributed by atoms with van der Waals surface area (Å²) in [6, 6.07) is 5.16. The fourth-order valence-electron chi connectivity index (χ4n) is 3.79. The summed E-state index contributed by atoms with van der Waals surface area (Å²) in [5.41, 5.74) is 3.99. The molecule has 3 rings (SSSR count). The van der Waals surface area contributed by atoms with E-state index in [9.17, 15) is 9.59 Å². The number of carbonyl (C=O) groups is 2. The summed E-state index contributed by atoms with van der Waals surface area (Å²) in [4.78, 5) is 27.6. The molecule has 3 N–H and O–H groups in total. The minimum absolute atomic E-state index is 0.271. The zero-order valence-electron chi connectivity index (χ0n) is 18.0. The Balaban J connectivity index is 1.80. The molecule has 0 aliphatic carbocycles. The normalized spacial score (nSPS) is 20.0. The number of urea groups is 1. The number of rotatable bonds is 8. The summed E-state index contributed by atoms with van der Waals surface area (Å²) in [5, 5.41) is 9.07. The Hall–Kier alpha value is -2.42. The molecule has 2 amide bonds. The van der Waals surface area contributed by atoms with Crippen molar-refractivity contribution >= 4 is 12.0 Å². The third kappa shape index (κ3) is 5.59. The van der Waals surface area contributed by atoms with E-state index in [1.807, 2.05) is 32.0 Å². The lowest BCUT2D eigenvalue weighted by Crippen LogP contribution is -2.48. The monoisotopic (exact) mass is 416 g/mol. The first-order chi connectivity index (χ1) is 14.5. The average molecular weight is 417 g/mol. The maximum absolute atomic E-state index is 12.9. The number of ether oxygens (including phenoxy) is 2. The van der Waals surface area contributed by atoms with Gasteiger partial charge in [-0.15, -0.1) is 0 Å². The molecule has 0 radical (unpaired) electrons. The van der Waals surface area contributed by atoms with E-state index in [-0.39, 0.29) is 12.6 Å². The molecule has 0 bridgehead atoms. The van der Waals surface area contributed by atoms with Gasteiger partial charge in [0.05, 0.1) is 31.4 Å². The highest BCUT2D eigenvalue weighted by Crippen LogP contribution is 2.30. The van der Waals surface area contributed by atoms with Crippen LogP contribution in [0.5, 0.6) is 0 Å². The Labute approximate surface area is 178 Å². The number of hydrogen-bond acceptors (Lipinski definition) is 6. The Morgan fingerprint density at radius 3 is 2.80 bits per heavy atom.